The van der Waals surface area contributed by atoms with E-state index in [1.165, 1.54) is 0 Å². The summed E-state index contributed by atoms with van der Waals surface area (Å²) in [6, 6.07) is 18.2. The van der Waals surface area contributed by atoms with Gasteiger partial charge in [-0.3, -0.25) is 9.59 Å². The van der Waals surface area contributed by atoms with E-state index < -0.39 is 0 Å². The summed E-state index contributed by atoms with van der Waals surface area (Å²) in [6.07, 6.45) is 5.93. The van der Waals surface area contributed by atoms with Crippen LogP contribution in [0.5, 0.6) is 0 Å². The van der Waals surface area contributed by atoms with Crippen LogP contribution in [0.3, 0.4) is 0 Å². The average Bonchev–Trinajstić information content (AvgIpc) is 2.72. The van der Waals surface area contributed by atoms with E-state index in [4.69, 9.17) is 9.47 Å². The predicted molar refractivity (Wildman–Crippen MR) is 104 cm³/mol. The van der Waals surface area contributed by atoms with Crippen LogP contribution in [0.4, 0.5) is 0 Å². The Hall–Kier alpha value is -2.88. The fourth-order valence-corrected chi connectivity index (χ4v) is 3.05. The van der Waals surface area contributed by atoms with Crippen LogP contribution in [0.2, 0.25) is 0 Å². The van der Waals surface area contributed by atoms with E-state index in [1.807, 2.05) is 54.6 Å². The molecule has 0 aromatic heterocycles. The summed E-state index contributed by atoms with van der Waals surface area (Å²) in [4.78, 5) is 24.1. The first-order valence-corrected chi connectivity index (χ1v) is 9.36. The lowest BCUT2D eigenvalue weighted by Gasteiger charge is -2.15. The van der Waals surface area contributed by atoms with Gasteiger partial charge < -0.3 is 9.47 Å². The summed E-state index contributed by atoms with van der Waals surface area (Å²) in [5, 5.41) is 0. The first-order valence-electron chi connectivity index (χ1n) is 9.36. The third kappa shape index (κ3) is 5.55. The Morgan fingerprint density at radius 3 is 2.26 bits per heavy atom. The van der Waals surface area contributed by atoms with Gasteiger partial charge in [0.2, 0.25) is 0 Å². The molecule has 1 aliphatic heterocycles. The Balaban J connectivity index is 1.75. The van der Waals surface area contributed by atoms with E-state index in [1.54, 1.807) is 0 Å². The number of hydrogen-bond donors (Lipinski definition) is 0. The first kappa shape index (κ1) is 18.9. The van der Waals surface area contributed by atoms with Crippen LogP contribution >= 0.6 is 0 Å². The van der Waals surface area contributed by atoms with Gasteiger partial charge in [0.25, 0.3) is 0 Å². The van der Waals surface area contributed by atoms with E-state index in [9.17, 15) is 9.59 Å². The van der Waals surface area contributed by atoms with Crippen LogP contribution in [0.25, 0.3) is 11.1 Å². The molecule has 0 saturated heterocycles. The van der Waals surface area contributed by atoms with Crippen molar-refractivity contribution < 1.29 is 19.1 Å². The molecule has 140 valence electrons. The lowest BCUT2D eigenvalue weighted by Crippen LogP contribution is -2.17. The van der Waals surface area contributed by atoms with E-state index in [0.29, 0.717) is 25.7 Å². The molecule has 27 heavy (non-hydrogen) atoms. The Bertz CT molecular complexity index is 778. The van der Waals surface area contributed by atoms with E-state index >= 15 is 0 Å². The molecule has 2 aromatic rings. The predicted octanol–water partition coefficient (Wildman–Crippen LogP) is 4.65. The summed E-state index contributed by atoms with van der Waals surface area (Å²) in [5.41, 5.74) is 3.20. The second-order valence-corrected chi connectivity index (χ2v) is 6.53. The highest BCUT2D eigenvalue weighted by atomic mass is 16.5. The highest BCUT2D eigenvalue weighted by molar-refractivity contribution is 5.79. The fraction of sp³-hybridized carbons (Fsp3) is 0.304. The number of rotatable bonds is 2. The molecule has 1 atom stereocenters. The van der Waals surface area contributed by atoms with Gasteiger partial charge in [-0.2, -0.15) is 0 Å². The van der Waals surface area contributed by atoms with Gasteiger partial charge in [0, 0.05) is 12.8 Å². The topological polar surface area (TPSA) is 52.6 Å². The molecule has 0 saturated carbocycles. The number of carbonyl (C=O) groups excluding carboxylic acids is 2. The zero-order chi connectivity index (χ0) is 18.9. The molecular formula is C23H24O4. The summed E-state index contributed by atoms with van der Waals surface area (Å²) < 4.78 is 10.5. The second-order valence-electron chi connectivity index (χ2n) is 6.53. The molecule has 3 rings (SSSR count). The number of carbonyl (C=O) groups is 2. The highest BCUT2D eigenvalue weighted by Gasteiger charge is 2.21. The Morgan fingerprint density at radius 1 is 0.778 bits per heavy atom. The van der Waals surface area contributed by atoms with Crippen LogP contribution in [0, 0.1) is 0 Å². The van der Waals surface area contributed by atoms with E-state index in [2.05, 4.69) is 12.1 Å². The van der Waals surface area contributed by atoms with E-state index in [-0.39, 0.29) is 31.1 Å². The van der Waals surface area contributed by atoms with Gasteiger partial charge in [0.1, 0.15) is 0 Å². The lowest BCUT2D eigenvalue weighted by molar-refractivity contribution is -0.147. The molecule has 2 aromatic carbocycles. The molecule has 0 aliphatic carbocycles. The number of esters is 2. The molecule has 0 radical (unpaired) electrons. The Morgan fingerprint density at radius 2 is 1.48 bits per heavy atom. The van der Waals surface area contributed by atoms with Crippen molar-refractivity contribution >= 4 is 11.9 Å². The van der Waals surface area contributed by atoms with Crippen molar-refractivity contribution in [3.05, 3.63) is 72.3 Å². The average molecular weight is 364 g/mol. The van der Waals surface area contributed by atoms with Crippen molar-refractivity contribution in [2.24, 2.45) is 0 Å². The van der Waals surface area contributed by atoms with Gasteiger partial charge >= 0.3 is 11.9 Å². The maximum atomic E-state index is 12.6. The monoisotopic (exact) mass is 364 g/mol. The molecule has 1 heterocycles. The van der Waals surface area contributed by atoms with Crippen molar-refractivity contribution in [3.8, 4) is 11.1 Å². The number of cyclic esters (lactones) is 2. The second kappa shape index (κ2) is 9.72. The summed E-state index contributed by atoms with van der Waals surface area (Å²) >= 11 is 0. The minimum absolute atomic E-state index is 0.210. The van der Waals surface area contributed by atoms with Crippen LogP contribution in [-0.2, 0) is 19.1 Å². The number of hydrogen-bond acceptors (Lipinski definition) is 4. The van der Waals surface area contributed by atoms with Crippen molar-refractivity contribution in [1.82, 2.24) is 0 Å². The third-order valence-electron chi connectivity index (χ3n) is 4.55. The highest BCUT2D eigenvalue weighted by Crippen LogP contribution is 2.26. The largest absolute Gasteiger partial charge is 0.466 e. The van der Waals surface area contributed by atoms with Gasteiger partial charge in [-0.15, -0.1) is 0 Å². The van der Waals surface area contributed by atoms with Crippen molar-refractivity contribution in [3.63, 3.8) is 0 Å². The minimum atomic E-state index is -0.344. The third-order valence-corrected chi connectivity index (χ3v) is 4.55. The van der Waals surface area contributed by atoms with Gasteiger partial charge in [0.15, 0.2) is 0 Å². The smallest absolute Gasteiger partial charge is 0.313 e. The van der Waals surface area contributed by atoms with Gasteiger partial charge in [-0.1, -0.05) is 66.7 Å². The van der Waals surface area contributed by atoms with Gasteiger partial charge in [-0.05, 0) is 29.5 Å². The van der Waals surface area contributed by atoms with Gasteiger partial charge in [-0.25, -0.2) is 0 Å². The van der Waals surface area contributed by atoms with Crippen LogP contribution in [0.15, 0.2) is 66.7 Å². The van der Waals surface area contributed by atoms with Crippen molar-refractivity contribution in [1.29, 1.82) is 0 Å². The number of allylic oxidation sites excluding steroid dienone is 2. The van der Waals surface area contributed by atoms with E-state index in [0.717, 1.165) is 16.7 Å². The quantitative estimate of drug-likeness (QED) is 0.575. The molecule has 0 fully saturated rings. The van der Waals surface area contributed by atoms with Crippen LogP contribution in [-0.4, -0.2) is 25.2 Å². The SMILES string of the molecule is O=C1CC/C=C/CC(c2ccc(-c3ccccc3)cc2)C(=O)OCCCO1. The zero-order valence-corrected chi connectivity index (χ0v) is 15.3. The molecule has 1 unspecified atom stereocenters. The molecular weight excluding hydrogens is 340 g/mol. The number of ether oxygens (including phenoxy) is 2. The summed E-state index contributed by atoms with van der Waals surface area (Å²) in [7, 11) is 0. The van der Waals surface area contributed by atoms with Crippen molar-refractivity contribution in [2.75, 3.05) is 13.2 Å². The zero-order valence-electron chi connectivity index (χ0n) is 15.3. The standard InChI is InChI=1S/C23H24O4/c24-22-11-6-2-5-10-21(23(25)27-17-7-16-26-22)20-14-12-19(13-15-20)18-8-3-1-4-9-18/h1-5,8-9,12-15,21H,6-7,10-11,16-17H2/b5-2+. The van der Waals surface area contributed by atoms with Crippen LogP contribution < -0.4 is 0 Å². The molecule has 4 nitrogen and oxygen atoms in total. The maximum Gasteiger partial charge on any atom is 0.313 e. The maximum absolute atomic E-state index is 12.6. The minimum Gasteiger partial charge on any atom is -0.466 e. The van der Waals surface area contributed by atoms with Crippen molar-refractivity contribution in [2.45, 2.75) is 31.6 Å². The molecule has 1 aliphatic rings. The molecule has 0 spiro atoms. The van der Waals surface area contributed by atoms with Gasteiger partial charge in [0.05, 0.1) is 19.1 Å². The Kier molecular flexibility index (Phi) is 6.80. The first-order chi connectivity index (χ1) is 13.2. The number of benzene rings is 2. The normalized spacial score (nSPS) is 20.4. The summed E-state index contributed by atoms with van der Waals surface area (Å²) in [5.74, 6) is -0.792. The lowest BCUT2D eigenvalue weighted by atomic mass is 9.93. The molecule has 0 bridgehead atoms. The molecule has 0 amide bonds. The van der Waals surface area contributed by atoms with Crippen LogP contribution in [0.1, 0.15) is 37.2 Å². The molecule has 4 heteroatoms. The molecule has 0 N–H and O–H groups in total. The summed E-state index contributed by atoms with van der Waals surface area (Å²) in [6.45, 7) is 0.542. The Labute approximate surface area is 159 Å². The fourth-order valence-electron chi connectivity index (χ4n) is 3.05.